The molecule has 0 aliphatic heterocycles. The van der Waals surface area contributed by atoms with Crippen LogP contribution in [0.3, 0.4) is 0 Å². The highest BCUT2D eigenvalue weighted by molar-refractivity contribution is 5.71. The largest absolute Gasteiger partial charge is 0.326 e. The first-order valence-corrected chi connectivity index (χ1v) is 6.76. The molecule has 2 nitrogen and oxygen atoms in total. The van der Waals surface area contributed by atoms with Crippen LogP contribution in [0.1, 0.15) is 54.0 Å². The fourth-order valence-corrected chi connectivity index (χ4v) is 0.966. The molecule has 0 unspecified atom stereocenters. The maximum Gasteiger partial charge on any atom is 0.211 e. The van der Waals surface area contributed by atoms with Crippen LogP contribution in [0.2, 0.25) is 0 Å². The summed E-state index contributed by atoms with van der Waals surface area (Å²) in [6, 6.07) is 4.68. The van der Waals surface area contributed by atoms with Crippen molar-refractivity contribution in [1.82, 2.24) is 0 Å². The van der Waals surface area contributed by atoms with Gasteiger partial charge in [-0.25, -0.2) is 4.39 Å². The summed E-state index contributed by atoms with van der Waals surface area (Å²) in [5.74, 6) is -0.403. The minimum Gasteiger partial charge on any atom is -0.326 e. The smallest absolute Gasteiger partial charge is 0.211 e. The molecule has 18 heavy (non-hydrogen) atoms. The van der Waals surface area contributed by atoms with E-state index < -0.39 is 5.82 Å². The molecule has 106 valence electrons. The van der Waals surface area contributed by atoms with Crippen molar-refractivity contribution < 1.29 is 9.18 Å². The Morgan fingerprint density at radius 3 is 2.00 bits per heavy atom. The van der Waals surface area contributed by atoms with E-state index in [1.54, 1.807) is 12.1 Å². The maximum absolute atomic E-state index is 12.9. The lowest BCUT2D eigenvalue weighted by atomic mass is 10.1. The summed E-state index contributed by atoms with van der Waals surface area (Å²) >= 11 is 0. The van der Waals surface area contributed by atoms with Crippen LogP contribution in [0.4, 0.5) is 10.1 Å². The summed E-state index contributed by atoms with van der Waals surface area (Å²) in [6.45, 7) is 14.0. The number of carbonyl (C=O) groups is 1. The third-order valence-corrected chi connectivity index (χ3v) is 1.65. The molecule has 3 heteroatoms. The molecule has 0 aliphatic carbocycles. The molecule has 0 radical (unpaired) electrons. The first-order chi connectivity index (χ1) is 8.77. The Bertz CT molecular complexity index is 288. The minimum atomic E-state index is -0.403. The van der Waals surface area contributed by atoms with Gasteiger partial charge in [-0.3, -0.25) is 4.79 Å². The molecular weight excluding hydrogens is 229 g/mol. The minimum absolute atomic E-state index is 0.240. The first kappa shape index (κ1) is 21.9. The van der Waals surface area contributed by atoms with Crippen LogP contribution < -0.4 is 5.32 Å². The standard InChI is InChI=1S/C9H10FNO.3C2H6/c1-2-7-3-4-8(10)9(5-7)11-6-12;3*1-2/h3-6H,2H2,1H3,(H,11,12);3*1-2H3. The molecule has 0 aromatic heterocycles. The van der Waals surface area contributed by atoms with Gasteiger partial charge in [0.25, 0.3) is 0 Å². The zero-order valence-electron chi connectivity index (χ0n) is 12.8. The number of benzene rings is 1. The monoisotopic (exact) mass is 257 g/mol. The third-order valence-electron chi connectivity index (χ3n) is 1.65. The summed E-state index contributed by atoms with van der Waals surface area (Å²) in [6.07, 6.45) is 1.30. The number of nitrogens with one attached hydrogen (secondary N) is 1. The quantitative estimate of drug-likeness (QED) is 0.755. The van der Waals surface area contributed by atoms with Gasteiger partial charge in [-0.15, -0.1) is 0 Å². The molecule has 1 rings (SSSR count). The van der Waals surface area contributed by atoms with E-state index in [-0.39, 0.29) is 5.69 Å². The second-order valence-electron chi connectivity index (χ2n) is 2.43. The van der Waals surface area contributed by atoms with Gasteiger partial charge in [0.05, 0.1) is 5.69 Å². The van der Waals surface area contributed by atoms with Crippen molar-refractivity contribution >= 4 is 12.1 Å². The fraction of sp³-hybridized carbons (Fsp3) is 0.533. The second kappa shape index (κ2) is 18.0. The van der Waals surface area contributed by atoms with Crippen molar-refractivity contribution in [3.8, 4) is 0 Å². The zero-order chi connectivity index (χ0) is 15.0. The van der Waals surface area contributed by atoms with Crippen LogP contribution >= 0.6 is 0 Å². The van der Waals surface area contributed by atoms with Crippen molar-refractivity contribution in [3.05, 3.63) is 29.6 Å². The van der Waals surface area contributed by atoms with Crippen LogP contribution in [0, 0.1) is 5.82 Å². The Balaban J connectivity index is -0.000000328. The van der Waals surface area contributed by atoms with Crippen LogP contribution in [-0.4, -0.2) is 6.41 Å². The van der Waals surface area contributed by atoms with Gasteiger partial charge >= 0.3 is 0 Å². The van der Waals surface area contributed by atoms with Gasteiger partial charge in [-0.05, 0) is 24.1 Å². The topological polar surface area (TPSA) is 29.1 Å². The molecule has 1 aromatic carbocycles. The van der Waals surface area contributed by atoms with Crippen molar-refractivity contribution in [2.24, 2.45) is 0 Å². The number of hydrogen-bond donors (Lipinski definition) is 1. The highest BCUT2D eigenvalue weighted by atomic mass is 19.1. The van der Waals surface area contributed by atoms with Gasteiger partial charge in [0.1, 0.15) is 5.82 Å². The van der Waals surface area contributed by atoms with Crippen molar-refractivity contribution in [2.75, 3.05) is 5.32 Å². The van der Waals surface area contributed by atoms with Crippen molar-refractivity contribution in [3.63, 3.8) is 0 Å². The van der Waals surface area contributed by atoms with Crippen LogP contribution in [0.25, 0.3) is 0 Å². The molecular formula is C15H28FNO. The fourth-order valence-electron chi connectivity index (χ4n) is 0.966. The number of aryl methyl sites for hydroxylation is 1. The van der Waals surface area contributed by atoms with Crippen LogP contribution in [0.15, 0.2) is 18.2 Å². The van der Waals surface area contributed by atoms with E-state index in [2.05, 4.69) is 5.32 Å². The van der Waals surface area contributed by atoms with Crippen LogP contribution in [-0.2, 0) is 11.2 Å². The predicted octanol–water partition coefficient (Wildman–Crippen LogP) is 5.04. The van der Waals surface area contributed by atoms with Crippen molar-refractivity contribution in [2.45, 2.75) is 54.9 Å². The Labute approximate surface area is 112 Å². The Morgan fingerprint density at radius 1 is 1.11 bits per heavy atom. The SMILES string of the molecule is CC.CC.CC.CCc1ccc(F)c(NC=O)c1. The van der Waals surface area contributed by atoms with E-state index >= 15 is 0 Å². The molecule has 0 fully saturated rings. The molecule has 0 bridgehead atoms. The highest BCUT2D eigenvalue weighted by Crippen LogP contribution is 2.15. The van der Waals surface area contributed by atoms with E-state index in [0.29, 0.717) is 6.41 Å². The predicted molar refractivity (Wildman–Crippen MR) is 79.5 cm³/mol. The lowest BCUT2D eigenvalue weighted by molar-refractivity contribution is -0.105. The second-order valence-corrected chi connectivity index (χ2v) is 2.43. The third kappa shape index (κ3) is 9.82. The molecule has 0 heterocycles. The molecule has 1 aromatic rings. The van der Waals surface area contributed by atoms with Crippen molar-refractivity contribution in [1.29, 1.82) is 0 Å². The molecule has 1 N–H and O–H groups in total. The van der Waals surface area contributed by atoms with Gasteiger partial charge in [0, 0.05) is 0 Å². The molecule has 0 aliphatic rings. The van der Waals surface area contributed by atoms with Gasteiger partial charge in [-0.1, -0.05) is 54.5 Å². The molecule has 0 atom stereocenters. The highest BCUT2D eigenvalue weighted by Gasteiger charge is 2.00. The number of carbonyl (C=O) groups excluding carboxylic acids is 1. The lowest BCUT2D eigenvalue weighted by Crippen LogP contribution is -1.97. The van der Waals surface area contributed by atoms with Gasteiger partial charge < -0.3 is 5.32 Å². The van der Waals surface area contributed by atoms with E-state index in [1.807, 2.05) is 48.5 Å². The summed E-state index contributed by atoms with van der Waals surface area (Å²) < 4.78 is 12.9. The van der Waals surface area contributed by atoms with E-state index in [4.69, 9.17) is 0 Å². The summed E-state index contributed by atoms with van der Waals surface area (Å²) in [7, 11) is 0. The zero-order valence-corrected chi connectivity index (χ0v) is 12.8. The number of rotatable bonds is 3. The van der Waals surface area contributed by atoms with Gasteiger partial charge in [0.2, 0.25) is 6.41 Å². The summed E-state index contributed by atoms with van der Waals surface area (Å²) in [5.41, 5.74) is 1.24. The normalized spacial score (nSPS) is 7.33. The van der Waals surface area contributed by atoms with E-state index in [9.17, 15) is 9.18 Å². The van der Waals surface area contributed by atoms with Crippen LogP contribution in [0.5, 0.6) is 0 Å². The number of amides is 1. The van der Waals surface area contributed by atoms with Gasteiger partial charge in [-0.2, -0.15) is 0 Å². The first-order valence-electron chi connectivity index (χ1n) is 6.76. The van der Waals surface area contributed by atoms with Gasteiger partial charge in [0.15, 0.2) is 0 Å². The Hall–Kier alpha value is -1.38. The Kier molecular flexibility index (Phi) is 21.9. The molecule has 0 spiro atoms. The number of anilines is 1. The average molecular weight is 257 g/mol. The lowest BCUT2D eigenvalue weighted by Gasteiger charge is -2.02. The summed E-state index contributed by atoms with van der Waals surface area (Å²) in [5, 5.41) is 2.29. The molecule has 0 saturated heterocycles. The molecule has 0 saturated carbocycles. The maximum atomic E-state index is 12.9. The average Bonchev–Trinajstić information content (AvgIpc) is 2.48. The van der Waals surface area contributed by atoms with E-state index in [0.717, 1.165) is 12.0 Å². The number of halogens is 1. The Morgan fingerprint density at radius 2 is 1.61 bits per heavy atom. The number of hydrogen-bond acceptors (Lipinski definition) is 1. The summed E-state index contributed by atoms with van der Waals surface area (Å²) in [4.78, 5) is 10.0. The molecule has 1 amide bonds. The van der Waals surface area contributed by atoms with E-state index in [1.165, 1.54) is 6.07 Å².